The van der Waals surface area contributed by atoms with Crippen molar-refractivity contribution in [3.63, 3.8) is 0 Å². The van der Waals surface area contributed by atoms with Gasteiger partial charge < -0.3 is 4.90 Å². The van der Waals surface area contributed by atoms with Crippen molar-refractivity contribution in [1.82, 2.24) is 9.88 Å². The van der Waals surface area contributed by atoms with Gasteiger partial charge in [0.15, 0.2) is 5.13 Å². The normalized spacial score (nSPS) is 11.2. The molecule has 10 heteroatoms. The molecule has 0 spiro atoms. The molecule has 0 atom stereocenters. The summed E-state index contributed by atoms with van der Waals surface area (Å²) in [7, 11) is 0. The number of carbonyl (C=O) groups is 1. The summed E-state index contributed by atoms with van der Waals surface area (Å²) in [5.41, 5.74) is 1.66. The molecule has 0 fully saturated rings. The van der Waals surface area contributed by atoms with Crippen molar-refractivity contribution in [2.24, 2.45) is 0 Å². The van der Waals surface area contributed by atoms with Gasteiger partial charge in [0.2, 0.25) is 0 Å². The first kappa shape index (κ1) is 26.8. The van der Waals surface area contributed by atoms with Crippen LogP contribution in [0.15, 0.2) is 53.4 Å². The molecule has 0 saturated carbocycles. The number of nitro groups is 1. The lowest BCUT2D eigenvalue weighted by molar-refractivity contribution is -0.384. The Morgan fingerprint density at radius 1 is 1.15 bits per heavy atom. The number of thiazole rings is 1. The van der Waals surface area contributed by atoms with Crippen LogP contribution in [0.3, 0.4) is 0 Å². The van der Waals surface area contributed by atoms with Crippen LogP contribution in [0, 0.1) is 10.1 Å². The van der Waals surface area contributed by atoms with Gasteiger partial charge in [0, 0.05) is 36.2 Å². The van der Waals surface area contributed by atoms with Crippen LogP contribution in [-0.2, 0) is 4.79 Å². The highest BCUT2D eigenvalue weighted by atomic mass is 35.5. The SMILES string of the molecule is CCN(CC)CCN(C(=O)C=Cc1ccc([N+](=O)[O-])cc1)c1nc2c(SC)cccc2s1.Cl. The van der Waals surface area contributed by atoms with Crippen LogP contribution in [0.4, 0.5) is 10.8 Å². The molecule has 7 nitrogen and oxygen atoms in total. The number of non-ortho nitro benzene ring substituents is 1. The summed E-state index contributed by atoms with van der Waals surface area (Å²) < 4.78 is 1.05. The molecule has 0 aliphatic rings. The Balaban J connectivity index is 0.00000385. The minimum Gasteiger partial charge on any atom is -0.302 e. The number of hydrogen-bond acceptors (Lipinski definition) is 7. The summed E-state index contributed by atoms with van der Waals surface area (Å²) in [6.45, 7) is 7.30. The van der Waals surface area contributed by atoms with Gasteiger partial charge in [-0.15, -0.1) is 24.2 Å². The van der Waals surface area contributed by atoms with Gasteiger partial charge in [-0.3, -0.25) is 19.8 Å². The third-order valence-corrected chi connectivity index (χ3v) is 6.96. The van der Waals surface area contributed by atoms with E-state index in [0.717, 1.165) is 40.3 Å². The average molecular weight is 507 g/mol. The maximum atomic E-state index is 13.2. The predicted molar refractivity (Wildman–Crippen MR) is 141 cm³/mol. The number of benzene rings is 2. The van der Waals surface area contributed by atoms with E-state index in [9.17, 15) is 14.9 Å². The smallest absolute Gasteiger partial charge is 0.269 e. The second-order valence-electron chi connectivity index (χ2n) is 7.00. The van der Waals surface area contributed by atoms with Gasteiger partial charge in [0.25, 0.3) is 11.6 Å². The second-order valence-corrected chi connectivity index (χ2v) is 8.86. The van der Waals surface area contributed by atoms with Crippen molar-refractivity contribution in [3.05, 3.63) is 64.2 Å². The van der Waals surface area contributed by atoms with Crippen molar-refractivity contribution in [3.8, 4) is 0 Å². The first-order valence-corrected chi connectivity index (χ1v) is 12.4. The predicted octanol–water partition coefficient (Wildman–Crippen LogP) is 5.74. The molecular formula is C23H27ClN4O3S2. The number of fused-ring (bicyclic) bond motifs is 1. The zero-order chi connectivity index (χ0) is 23.1. The highest BCUT2D eigenvalue weighted by molar-refractivity contribution is 7.98. The monoisotopic (exact) mass is 506 g/mol. The van der Waals surface area contributed by atoms with Crippen LogP contribution in [-0.4, -0.2) is 53.1 Å². The number of nitrogens with zero attached hydrogens (tertiary/aromatic N) is 4. The summed E-state index contributed by atoms with van der Waals surface area (Å²) in [4.78, 5) is 33.4. The maximum Gasteiger partial charge on any atom is 0.269 e. The van der Waals surface area contributed by atoms with Crippen molar-refractivity contribution in [2.75, 3.05) is 37.3 Å². The highest BCUT2D eigenvalue weighted by Crippen LogP contribution is 2.34. The molecule has 0 unspecified atom stereocenters. The lowest BCUT2D eigenvalue weighted by Crippen LogP contribution is -2.38. The number of para-hydroxylation sites is 1. The molecule has 0 bridgehead atoms. The molecule has 176 valence electrons. The number of thioether (sulfide) groups is 1. The zero-order valence-electron chi connectivity index (χ0n) is 18.8. The molecule has 2 aromatic carbocycles. The third-order valence-electron chi connectivity index (χ3n) is 5.14. The number of halogens is 1. The first-order chi connectivity index (χ1) is 15.5. The molecule has 0 radical (unpaired) electrons. The first-order valence-electron chi connectivity index (χ1n) is 10.4. The Kier molecular flexibility index (Phi) is 10.3. The van der Waals surface area contributed by atoms with E-state index in [-0.39, 0.29) is 24.0 Å². The van der Waals surface area contributed by atoms with Gasteiger partial charge in [-0.1, -0.05) is 31.3 Å². The van der Waals surface area contributed by atoms with Gasteiger partial charge in [0.05, 0.1) is 15.1 Å². The molecule has 1 heterocycles. The summed E-state index contributed by atoms with van der Waals surface area (Å²) >= 11 is 3.15. The largest absolute Gasteiger partial charge is 0.302 e. The van der Waals surface area contributed by atoms with E-state index in [1.54, 1.807) is 34.9 Å². The van der Waals surface area contributed by atoms with Gasteiger partial charge in [-0.2, -0.15) is 0 Å². The van der Waals surface area contributed by atoms with Crippen molar-refractivity contribution >= 4 is 68.5 Å². The van der Waals surface area contributed by atoms with Crippen LogP contribution in [0.5, 0.6) is 0 Å². The molecule has 0 saturated heterocycles. The molecular weight excluding hydrogens is 480 g/mol. The minimum absolute atomic E-state index is 0. The van der Waals surface area contributed by atoms with Crippen LogP contribution >= 0.6 is 35.5 Å². The van der Waals surface area contributed by atoms with Crippen LogP contribution in [0.1, 0.15) is 19.4 Å². The number of anilines is 1. The van der Waals surface area contributed by atoms with Gasteiger partial charge in [-0.05, 0) is 55.3 Å². The lowest BCUT2D eigenvalue weighted by Gasteiger charge is -2.23. The van der Waals surface area contributed by atoms with Gasteiger partial charge >= 0.3 is 0 Å². The van der Waals surface area contributed by atoms with E-state index in [1.165, 1.54) is 29.5 Å². The number of rotatable bonds is 10. The molecule has 1 aromatic heterocycles. The van der Waals surface area contributed by atoms with E-state index < -0.39 is 4.92 Å². The Bertz CT molecular complexity index is 1110. The van der Waals surface area contributed by atoms with E-state index in [1.807, 2.05) is 24.5 Å². The molecule has 3 aromatic rings. The molecule has 0 aliphatic heterocycles. The molecule has 3 rings (SSSR count). The summed E-state index contributed by atoms with van der Waals surface area (Å²) in [5, 5.41) is 11.5. The Morgan fingerprint density at radius 2 is 1.85 bits per heavy atom. The maximum absolute atomic E-state index is 13.2. The Hall–Kier alpha value is -2.46. The van der Waals surface area contributed by atoms with Crippen LogP contribution in [0.2, 0.25) is 0 Å². The van der Waals surface area contributed by atoms with Crippen LogP contribution < -0.4 is 4.90 Å². The fraction of sp³-hybridized carbons (Fsp3) is 0.304. The Morgan fingerprint density at radius 3 is 2.45 bits per heavy atom. The van der Waals surface area contributed by atoms with E-state index in [4.69, 9.17) is 4.98 Å². The molecule has 33 heavy (non-hydrogen) atoms. The summed E-state index contributed by atoms with van der Waals surface area (Å²) in [6.07, 6.45) is 5.20. The van der Waals surface area contributed by atoms with Crippen LogP contribution in [0.25, 0.3) is 16.3 Å². The quantitative estimate of drug-likeness (QED) is 0.151. The lowest BCUT2D eigenvalue weighted by atomic mass is 10.2. The third kappa shape index (κ3) is 6.77. The molecule has 0 N–H and O–H groups in total. The van der Waals surface area contributed by atoms with Crippen molar-refractivity contribution < 1.29 is 9.72 Å². The second kappa shape index (κ2) is 12.7. The van der Waals surface area contributed by atoms with E-state index in [0.29, 0.717) is 11.7 Å². The number of carbonyl (C=O) groups excluding carboxylic acids is 1. The average Bonchev–Trinajstić information content (AvgIpc) is 3.24. The molecule has 0 aliphatic carbocycles. The number of hydrogen-bond donors (Lipinski definition) is 0. The summed E-state index contributed by atoms with van der Waals surface area (Å²) in [6, 6.07) is 12.2. The van der Waals surface area contributed by atoms with E-state index in [2.05, 4.69) is 18.7 Å². The fourth-order valence-electron chi connectivity index (χ4n) is 3.24. The number of likely N-dealkylation sites (N-methyl/N-ethyl adjacent to an activating group) is 1. The topological polar surface area (TPSA) is 79.6 Å². The number of aromatic nitrogens is 1. The van der Waals surface area contributed by atoms with Crippen molar-refractivity contribution in [1.29, 1.82) is 0 Å². The number of nitro benzene ring substituents is 1. The summed E-state index contributed by atoms with van der Waals surface area (Å²) in [5.74, 6) is -0.166. The van der Waals surface area contributed by atoms with Crippen molar-refractivity contribution in [2.45, 2.75) is 18.7 Å². The highest BCUT2D eigenvalue weighted by Gasteiger charge is 2.19. The number of amides is 1. The molecule has 1 amide bonds. The van der Waals surface area contributed by atoms with Gasteiger partial charge in [-0.25, -0.2) is 4.98 Å². The fourth-order valence-corrected chi connectivity index (χ4v) is 4.89. The Labute approximate surface area is 208 Å². The van der Waals surface area contributed by atoms with E-state index >= 15 is 0 Å². The minimum atomic E-state index is -0.441. The zero-order valence-corrected chi connectivity index (χ0v) is 21.2. The van der Waals surface area contributed by atoms with Gasteiger partial charge in [0.1, 0.15) is 0 Å². The standard InChI is InChI=1S/C23H26N4O3S2.ClH/c1-4-25(5-2)15-16-26(23-24-22-19(31-3)7-6-8-20(22)32-23)21(28)14-11-17-9-12-18(13-10-17)27(29)30;/h6-14H,4-5,15-16H2,1-3H3;1H.